The Morgan fingerprint density at radius 2 is 1.59 bits per heavy atom. The smallest absolute Gasteiger partial charge is 0.133 e. The number of hydrogen-bond donors (Lipinski definition) is 1. The first-order chi connectivity index (χ1) is 8.13. The largest absolute Gasteiger partial charge is 0.326 e. The number of hydrogen-bond acceptors (Lipinski definition) is 1. The minimum atomic E-state index is -0.731. The molecule has 0 heterocycles. The van der Waals surface area contributed by atoms with Gasteiger partial charge in [-0.3, -0.25) is 0 Å². The van der Waals surface area contributed by atoms with Crippen molar-refractivity contribution in [1.29, 1.82) is 0 Å². The second kappa shape index (κ2) is 4.59. The van der Waals surface area contributed by atoms with Gasteiger partial charge in [-0.2, -0.15) is 0 Å². The number of halogens is 3. The van der Waals surface area contributed by atoms with E-state index in [1.165, 1.54) is 18.2 Å². The maximum absolute atomic E-state index is 13.6. The van der Waals surface area contributed by atoms with Crippen LogP contribution in [0.15, 0.2) is 36.4 Å². The first kappa shape index (κ1) is 11.7. The molecule has 0 amide bonds. The molecular formula is C13H10F3N. The fourth-order valence-corrected chi connectivity index (χ4v) is 1.71. The summed E-state index contributed by atoms with van der Waals surface area (Å²) in [6.45, 7) is 0.0867. The highest BCUT2D eigenvalue weighted by molar-refractivity contribution is 5.68. The lowest BCUT2D eigenvalue weighted by Crippen LogP contribution is -2.01. The second-order valence-corrected chi connectivity index (χ2v) is 3.60. The highest BCUT2D eigenvalue weighted by atomic mass is 19.1. The van der Waals surface area contributed by atoms with Crippen LogP contribution in [0.1, 0.15) is 5.56 Å². The number of benzene rings is 2. The van der Waals surface area contributed by atoms with Crippen molar-refractivity contribution in [2.24, 2.45) is 5.73 Å². The standard InChI is InChI=1S/C13H10F3N/c14-9-5-4-8(7-17)10(6-9)13-11(15)2-1-3-12(13)16/h1-6H,7,17H2. The van der Waals surface area contributed by atoms with Crippen LogP contribution in [-0.4, -0.2) is 0 Å². The van der Waals surface area contributed by atoms with E-state index in [9.17, 15) is 13.2 Å². The Morgan fingerprint density at radius 1 is 0.941 bits per heavy atom. The van der Waals surface area contributed by atoms with Crippen LogP contribution in [0.3, 0.4) is 0 Å². The van der Waals surface area contributed by atoms with Gasteiger partial charge in [-0.05, 0) is 35.4 Å². The molecule has 0 aromatic heterocycles. The first-order valence-electron chi connectivity index (χ1n) is 5.06. The molecule has 0 atom stereocenters. The molecule has 1 nitrogen and oxygen atoms in total. The molecule has 2 N–H and O–H groups in total. The lowest BCUT2D eigenvalue weighted by molar-refractivity contribution is 0.588. The summed E-state index contributed by atoms with van der Waals surface area (Å²) < 4.78 is 40.3. The maximum Gasteiger partial charge on any atom is 0.133 e. The molecule has 0 saturated heterocycles. The van der Waals surface area contributed by atoms with E-state index in [1.54, 1.807) is 0 Å². The van der Waals surface area contributed by atoms with E-state index >= 15 is 0 Å². The van der Waals surface area contributed by atoms with Crippen molar-refractivity contribution in [1.82, 2.24) is 0 Å². The van der Waals surface area contributed by atoms with E-state index in [1.807, 2.05) is 0 Å². The van der Waals surface area contributed by atoms with Gasteiger partial charge < -0.3 is 5.73 Å². The van der Waals surface area contributed by atoms with Crippen molar-refractivity contribution in [2.45, 2.75) is 6.54 Å². The van der Waals surface area contributed by atoms with Crippen molar-refractivity contribution in [2.75, 3.05) is 0 Å². The molecule has 0 aliphatic heterocycles. The minimum absolute atomic E-state index is 0.0867. The lowest BCUT2D eigenvalue weighted by atomic mass is 9.98. The summed E-state index contributed by atoms with van der Waals surface area (Å²) in [5.74, 6) is -2.02. The molecule has 2 rings (SSSR count). The zero-order valence-electron chi connectivity index (χ0n) is 8.88. The Morgan fingerprint density at radius 3 is 2.18 bits per heavy atom. The first-order valence-corrected chi connectivity index (χ1v) is 5.06. The third-order valence-corrected chi connectivity index (χ3v) is 2.52. The third kappa shape index (κ3) is 2.17. The Kier molecular flexibility index (Phi) is 3.15. The molecule has 2 aromatic carbocycles. The Balaban J connectivity index is 2.71. The van der Waals surface area contributed by atoms with Crippen LogP contribution in [0.5, 0.6) is 0 Å². The van der Waals surface area contributed by atoms with E-state index < -0.39 is 17.5 Å². The van der Waals surface area contributed by atoms with Crippen LogP contribution in [0.25, 0.3) is 11.1 Å². The lowest BCUT2D eigenvalue weighted by Gasteiger charge is -2.10. The summed E-state index contributed by atoms with van der Waals surface area (Å²) in [5.41, 5.74) is 5.88. The monoisotopic (exact) mass is 237 g/mol. The molecule has 0 radical (unpaired) electrons. The average Bonchev–Trinajstić information content (AvgIpc) is 2.29. The highest BCUT2D eigenvalue weighted by Crippen LogP contribution is 2.29. The second-order valence-electron chi connectivity index (χ2n) is 3.60. The molecule has 4 heteroatoms. The molecule has 0 unspecified atom stereocenters. The van der Waals surface area contributed by atoms with Crippen LogP contribution in [-0.2, 0) is 6.54 Å². The van der Waals surface area contributed by atoms with Gasteiger partial charge in [0.15, 0.2) is 0 Å². The van der Waals surface area contributed by atoms with Crippen molar-refractivity contribution in [3.8, 4) is 11.1 Å². The van der Waals surface area contributed by atoms with E-state index in [2.05, 4.69) is 0 Å². The molecule has 0 saturated carbocycles. The van der Waals surface area contributed by atoms with Gasteiger partial charge in [-0.1, -0.05) is 12.1 Å². The van der Waals surface area contributed by atoms with E-state index in [4.69, 9.17) is 5.73 Å². The van der Waals surface area contributed by atoms with Crippen molar-refractivity contribution in [3.05, 3.63) is 59.4 Å². The number of rotatable bonds is 2. The topological polar surface area (TPSA) is 26.0 Å². The molecule has 0 bridgehead atoms. The fourth-order valence-electron chi connectivity index (χ4n) is 1.71. The molecule has 88 valence electrons. The van der Waals surface area contributed by atoms with Crippen molar-refractivity contribution in [3.63, 3.8) is 0 Å². The summed E-state index contributed by atoms with van der Waals surface area (Å²) >= 11 is 0. The molecule has 0 fully saturated rings. The summed E-state index contributed by atoms with van der Waals surface area (Å²) in [6.07, 6.45) is 0. The molecule has 0 spiro atoms. The SMILES string of the molecule is NCc1ccc(F)cc1-c1c(F)cccc1F. The van der Waals surface area contributed by atoms with Gasteiger partial charge in [0.05, 0.1) is 5.56 Å². The van der Waals surface area contributed by atoms with Gasteiger partial charge in [-0.25, -0.2) is 13.2 Å². The molecule has 2 aromatic rings. The summed E-state index contributed by atoms with van der Waals surface area (Å²) in [5, 5.41) is 0. The number of nitrogens with two attached hydrogens (primary N) is 1. The van der Waals surface area contributed by atoms with Crippen LogP contribution >= 0.6 is 0 Å². The van der Waals surface area contributed by atoms with Crippen LogP contribution < -0.4 is 5.73 Å². The van der Waals surface area contributed by atoms with E-state index in [0.29, 0.717) is 5.56 Å². The van der Waals surface area contributed by atoms with Crippen LogP contribution in [0.2, 0.25) is 0 Å². The molecule has 0 aliphatic carbocycles. The zero-order valence-corrected chi connectivity index (χ0v) is 8.88. The predicted octanol–water partition coefficient (Wildman–Crippen LogP) is 3.23. The van der Waals surface area contributed by atoms with Gasteiger partial charge in [0.2, 0.25) is 0 Å². The predicted molar refractivity (Wildman–Crippen MR) is 59.6 cm³/mol. The maximum atomic E-state index is 13.6. The fraction of sp³-hybridized carbons (Fsp3) is 0.0769. The molecule has 17 heavy (non-hydrogen) atoms. The van der Waals surface area contributed by atoms with Gasteiger partial charge in [0, 0.05) is 6.54 Å². The zero-order chi connectivity index (χ0) is 12.4. The van der Waals surface area contributed by atoms with Crippen molar-refractivity contribution < 1.29 is 13.2 Å². The van der Waals surface area contributed by atoms with E-state index in [0.717, 1.165) is 18.2 Å². The van der Waals surface area contributed by atoms with Crippen molar-refractivity contribution >= 4 is 0 Å². The minimum Gasteiger partial charge on any atom is -0.326 e. The molecule has 0 aliphatic rings. The quantitative estimate of drug-likeness (QED) is 0.852. The highest BCUT2D eigenvalue weighted by Gasteiger charge is 2.14. The summed E-state index contributed by atoms with van der Waals surface area (Å²) in [7, 11) is 0. The van der Waals surface area contributed by atoms with Gasteiger partial charge >= 0.3 is 0 Å². The van der Waals surface area contributed by atoms with E-state index in [-0.39, 0.29) is 17.7 Å². The van der Waals surface area contributed by atoms with Gasteiger partial charge in [-0.15, -0.1) is 0 Å². The van der Waals surface area contributed by atoms with Crippen LogP contribution in [0.4, 0.5) is 13.2 Å². The molecular weight excluding hydrogens is 227 g/mol. The Labute approximate surface area is 96.7 Å². The summed E-state index contributed by atoms with van der Waals surface area (Å²) in [6, 6.07) is 7.24. The third-order valence-electron chi connectivity index (χ3n) is 2.52. The normalized spacial score (nSPS) is 10.6. The average molecular weight is 237 g/mol. The van der Waals surface area contributed by atoms with Crippen LogP contribution in [0, 0.1) is 17.5 Å². The Bertz CT molecular complexity index is 532. The summed E-state index contributed by atoms with van der Waals surface area (Å²) in [4.78, 5) is 0. The van der Waals surface area contributed by atoms with Gasteiger partial charge in [0.1, 0.15) is 17.5 Å². The Hall–Kier alpha value is -1.81. The van der Waals surface area contributed by atoms with Gasteiger partial charge in [0.25, 0.3) is 0 Å².